The zero-order valence-electron chi connectivity index (χ0n) is 3.31. The molecule has 0 amide bonds. The predicted molar refractivity (Wildman–Crippen MR) is 24.1 cm³/mol. The summed E-state index contributed by atoms with van der Waals surface area (Å²) in [5.41, 5.74) is 0. The van der Waals surface area contributed by atoms with E-state index in [1.807, 2.05) is 24.3 Å². The molecular formula is C6H4-2. The van der Waals surface area contributed by atoms with Crippen molar-refractivity contribution in [1.82, 2.24) is 0 Å². The summed E-state index contributed by atoms with van der Waals surface area (Å²) < 4.78 is 0. The summed E-state index contributed by atoms with van der Waals surface area (Å²) in [4.78, 5) is 0. The predicted octanol–water partition coefficient (Wildman–Crippen LogP) is 1.29. The van der Waals surface area contributed by atoms with Gasteiger partial charge in [-0.1, -0.05) is 0 Å². The van der Waals surface area contributed by atoms with Gasteiger partial charge in [0.25, 0.3) is 0 Å². The van der Waals surface area contributed by atoms with Crippen molar-refractivity contribution in [1.29, 1.82) is 0 Å². The van der Waals surface area contributed by atoms with Crippen LogP contribution in [-0.2, 0) is 0 Å². The molecule has 0 aliphatic rings. The van der Waals surface area contributed by atoms with Crippen LogP contribution in [0.15, 0.2) is 24.3 Å². The molecule has 0 saturated carbocycles. The number of rotatable bonds is 0. The summed E-state index contributed by atoms with van der Waals surface area (Å²) >= 11 is 0. The van der Waals surface area contributed by atoms with E-state index in [0.29, 0.717) is 0 Å². The largest absolute Gasteiger partial charge is 0.319 e. The lowest BCUT2D eigenvalue weighted by Crippen LogP contribution is -1.50. The smallest absolute Gasteiger partial charge is 0.288 e. The molecule has 6 heavy (non-hydrogen) atoms. The quantitative estimate of drug-likeness (QED) is 0.408. The van der Waals surface area contributed by atoms with Gasteiger partial charge in [-0.15, -0.1) is 0 Å². The minimum absolute atomic E-state index is 1.82. The number of hydrogen-bond donors (Lipinski definition) is 0. The van der Waals surface area contributed by atoms with Crippen molar-refractivity contribution in [2.24, 2.45) is 0 Å². The lowest BCUT2D eigenvalue weighted by Gasteiger charge is -1.93. The van der Waals surface area contributed by atoms with E-state index in [0.717, 1.165) is 0 Å². The van der Waals surface area contributed by atoms with Gasteiger partial charge in [-0.05, 0) is 0 Å². The zero-order chi connectivity index (χ0) is 4.24. The standard InChI is InChI=1S/C6H4/c1-2-4-6-5-3-1/h1-2,5-6H/q-2. The van der Waals surface area contributed by atoms with Gasteiger partial charge in [0.2, 0.25) is 0 Å². The van der Waals surface area contributed by atoms with Crippen molar-refractivity contribution in [3.8, 4) is 0 Å². The second kappa shape index (κ2) is 1.61. The molecule has 0 aliphatic heterocycles. The van der Waals surface area contributed by atoms with Gasteiger partial charge in [0, 0.05) is 0 Å². The molecule has 0 aliphatic carbocycles. The molecule has 0 heterocycles. The van der Waals surface area contributed by atoms with Gasteiger partial charge in [-0.25, -0.2) is 0 Å². The molecule has 0 spiro atoms. The Labute approximate surface area is 37.4 Å². The Kier molecular flexibility index (Phi) is 0.913. The van der Waals surface area contributed by atoms with Crippen LogP contribution < -0.4 is 0 Å². The maximum atomic E-state index is 2.86. The molecule has 0 bridgehead atoms. The monoisotopic (exact) mass is 76.0 g/mol. The van der Waals surface area contributed by atoms with Crippen molar-refractivity contribution in [3.05, 3.63) is 36.4 Å². The molecule has 0 N–H and O–H groups in total. The first kappa shape index (κ1) is 3.41. The summed E-state index contributed by atoms with van der Waals surface area (Å²) in [6.45, 7) is 0. The first-order valence-corrected chi connectivity index (χ1v) is 1.82. The Morgan fingerprint density at radius 3 is 1.17 bits per heavy atom. The van der Waals surface area contributed by atoms with Gasteiger partial charge in [-0.2, -0.15) is 0 Å². The fourth-order valence-electron chi connectivity index (χ4n) is 0.304. The van der Waals surface area contributed by atoms with E-state index in [-0.39, 0.29) is 0 Å². The van der Waals surface area contributed by atoms with E-state index < -0.39 is 0 Å². The molecule has 0 saturated heterocycles. The molecule has 1 rings (SSSR count). The highest BCUT2D eigenvalue weighted by Gasteiger charge is 1.34. The van der Waals surface area contributed by atoms with Gasteiger partial charge >= 0.3 is 0 Å². The van der Waals surface area contributed by atoms with Crippen LogP contribution in [0.5, 0.6) is 0 Å². The van der Waals surface area contributed by atoms with Crippen LogP contribution in [0, 0.1) is 12.1 Å². The average Bonchev–Trinajstić information content (AvgIpc) is 1.72. The third-order valence-electron chi connectivity index (χ3n) is 0.552. The summed E-state index contributed by atoms with van der Waals surface area (Å²) in [6, 6.07) is 13.0. The summed E-state index contributed by atoms with van der Waals surface area (Å²) in [5, 5.41) is 0. The Hall–Kier alpha value is -0.780. The summed E-state index contributed by atoms with van der Waals surface area (Å²) in [7, 11) is 0. The van der Waals surface area contributed by atoms with Crippen LogP contribution in [0.2, 0.25) is 0 Å². The molecule has 0 unspecified atom stereocenters. The summed E-state index contributed by atoms with van der Waals surface area (Å²) in [5.74, 6) is 0. The van der Waals surface area contributed by atoms with E-state index in [9.17, 15) is 0 Å². The van der Waals surface area contributed by atoms with Gasteiger partial charge in [0.1, 0.15) is 0 Å². The van der Waals surface area contributed by atoms with Crippen molar-refractivity contribution < 1.29 is 0 Å². The first-order valence-electron chi connectivity index (χ1n) is 1.82. The Morgan fingerprint density at radius 2 is 1.00 bits per heavy atom. The molecule has 0 atom stereocenters. The van der Waals surface area contributed by atoms with Crippen LogP contribution in [0.3, 0.4) is 0 Å². The maximum absolute atomic E-state index is 2.86. The number of benzene rings is 1. The molecule has 0 nitrogen and oxygen atoms in total. The van der Waals surface area contributed by atoms with E-state index in [4.69, 9.17) is 0 Å². The van der Waals surface area contributed by atoms with E-state index >= 15 is 0 Å². The molecule has 1 aromatic carbocycles. The Morgan fingerprint density at radius 1 is 0.667 bits per heavy atom. The van der Waals surface area contributed by atoms with Gasteiger partial charge in [0.15, 0.2) is 0 Å². The van der Waals surface area contributed by atoms with Crippen LogP contribution >= 0.6 is 0 Å². The van der Waals surface area contributed by atoms with Crippen LogP contribution in [0.4, 0.5) is 0 Å². The Bertz CT molecular complexity index is 72.0. The normalized spacial score (nSPS) is 8.00. The van der Waals surface area contributed by atoms with Gasteiger partial charge in [-0.3, -0.25) is 24.3 Å². The molecule has 1 aromatic rings. The van der Waals surface area contributed by atoms with Crippen molar-refractivity contribution in [2.45, 2.75) is 0 Å². The fraction of sp³-hybridized carbons (Fsp3) is 0. The van der Waals surface area contributed by atoms with Crippen molar-refractivity contribution >= 4 is 0 Å². The second-order valence-corrected chi connectivity index (χ2v) is 1.00. The lowest BCUT2D eigenvalue weighted by molar-refractivity contribution is 1.68. The van der Waals surface area contributed by atoms with E-state index in [1.165, 1.54) is 0 Å². The van der Waals surface area contributed by atoms with Gasteiger partial charge < -0.3 is 12.1 Å². The van der Waals surface area contributed by atoms with Gasteiger partial charge in [0.05, 0.1) is 0 Å². The minimum atomic E-state index is 1.82. The van der Waals surface area contributed by atoms with Crippen LogP contribution in [-0.4, -0.2) is 0 Å². The molecule has 0 radical (unpaired) electrons. The van der Waals surface area contributed by atoms with Crippen LogP contribution in [0.25, 0.3) is 0 Å². The molecule has 0 fully saturated rings. The third kappa shape index (κ3) is 0.582. The topological polar surface area (TPSA) is 0 Å². The molecular weight excluding hydrogens is 72.1 g/mol. The van der Waals surface area contributed by atoms with Crippen molar-refractivity contribution in [3.63, 3.8) is 0 Å². The minimum Gasteiger partial charge on any atom is -0.319 e. The highest BCUT2D eigenvalue weighted by atomic mass is 13.6. The SMILES string of the molecule is [c-]1cc[c-]cc1. The molecule has 0 aromatic heterocycles. The van der Waals surface area contributed by atoms with Crippen molar-refractivity contribution in [2.75, 3.05) is 0 Å². The molecule has 30 valence electrons. The second-order valence-electron chi connectivity index (χ2n) is 1.00. The van der Waals surface area contributed by atoms with Crippen LogP contribution in [0.1, 0.15) is 0 Å². The van der Waals surface area contributed by atoms with E-state index in [1.54, 1.807) is 0 Å². The fourth-order valence-corrected chi connectivity index (χ4v) is 0.304. The zero-order valence-corrected chi connectivity index (χ0v) is 3.31. The maximum Gasteiger partial charge on any atom is -0.288 e. The Balaban J connectivity index is 3.00. The summed E-state index contributed by atoms with van der Waals surface area (Å²) in [6.07, 6.45) is 0. The third-order valence-corrected chi connectivity index (χ3v) is 0.552. The highest BCUT2D eigenvalue weighted by molar-refractivity contribution is 4.95. The van der Waals surface area contributed by atoms with E-state index in [2.05, 4.69) is 12.1 Å². The molecule has 0 heteroatoms. The number of hydrogen-bond acceptors (Lipinski definition) is 0. The first-order chi connectivity index (χ1) is 3.00. The average molecular weight is 76.1 g/mol. The highest BCUT2D eigenvalue weighted by Crippen LogP contribution is 1.77. The lowest BCUT2D eigenvalue weighted by atomic mass is 10.4.